The lowest BCUT2D eigenvalue weighted by Crippen LogP contribution is -2.39. The van der Waals surface area contributed by atoms with Gasteiger partial charge >= 0.3 is 0 Å². The normalized spacial score (nSPS) is 36.7. The molecule has 0 aliphatic heterocycles. The maximum absolute atomic E-state index is 3.85. The second kappa shape index (κ2) is 4.45. The highest BCUT2D eigenvalue weighted by atomic mass is 15.0. The van der Waals surface area contributed by atoms with E-state index in [4.69, 9.17) is 0 Å². The van der Waals surface area contributed by atoms with E-state index in [9.17, 15) is 0 Å². The summed E-state index contributed by atoms with van der Waals surface area (Å²) in [4.78, 5) is 0. The molecule has 2 saturated carbocycles. The predicted molar refractivity (Wildman–Crippen MR) is 56.8 cm³/mol. The van der Waals surface area contributed by atoms with Gasteiger partial charge in [-0.25, -0.2) is 0 Å². The molecule has 1 N–H and O–H groups in total. The van der Waals surface area contributed by atoms with Gasteiger partial charge in [0.25, 0.3) is 0 Å². The van der Waals surface area contributed by atoms with Gasteiger partial charge in [-0.3, -0.25) is 0 Å². The first-order valence-electron chi connectivity index (χ1n) is 6.10. The van der Waals surface area contributed by atoms with Crippen LogP contribution in [-0.2, 0) is 0 Å². The summed E-state index contributed by atoms with van der Waals surface area (Å²) < 4.78 is 0. The minimum atomic E-state index is 0.854. The van der Waals surface area contributed by atoms with Crippen molar-refractivity contribution in [2.45, 2.75) is 70.4 Å². The monoisotopic (exact) mass is 181 g/mol. The van der Waals surface area contributed by atoms with E-state index in [2.05, 4.69) is 12.2 Å². The van der Waals surface area contributed by atoms with Gasteiger partial charge in [-0.1, -0.05) is 32.6 Å². The Morgan fingerprint density at radius 2 is 1.54 bits per heavy atom. The largest absolute Gasteiger partial charge is 0.311 e. The average molecular weight is 181 g/mol. The second-order valence-electron chi connectivity index (χ2n) is 5.12. The molecule has 76 valence electrons. The van der Waals surface area contributed by atoms with Gasteiger partial charge in [-0.2, -0.15) is 0 Å². The molecule has 2 atom stereocenters. The van der Waals surface area contributed by atoms with Crippen molar-refractivity contribution in [3.05, 3.63) is 0 Å². The Balaban J connectivity index is 1.73. The van der Waals surface area contributed by atoms with Crippen LogP contribution in [0.3, 0.4) is 0 Å². The van der Waals surface area contributed by atoms with Crippen molar-refractivity contribution >= 4 is 0 Å². The number of rotatable bonds is 2. The summed E-state index contributed by atoms with van der Waals surface area (Å²) in [5.74, 6) is 0.965. The van der Waals surface area contributed by atoms with Crippen molar-refractivity contribution < 1.29 is 0 Å². The Morgan fingerprint density at radius 1 is 0.846 bits per heavy atom. The van der Waals surface area contributed by atoms with Crippen molar-refractivity contribution in [2.24, 2.45) is 5.92 Å². The average Bonchev–Trinajstić information content (AvgIpc) is 2.57. The van der Waals surface area contributed by atoms with E-state index in [0.29, 0.717) is 0 Å². The van der Waals surface area contributed by atoms with Crippen LogP contribution in [0, 0.1) is 5.92 Å². The lowest BCUT2D eigenvalue weighted by Gasteiger charge is -2.30. The first kappa shape index (κ1) is 9.51. The van der Waals surface area contributed by atoms with Crippen molar-refractivity contribution in [2.75, 3.05) is 0 Å². The molecule has 2 fully saturated rings. The van der Waals surface area contributed by atoms with E-state index in [-0.39, 0.29) is 0 Å². The highest BCUT2D eigenvalue weighted by Crippen LogP contribution is 2.26. The Bertz CT molecular complexity index is 149. The Kier molecular flexibility index (Phi) is 3.26. The molecular weight excluding hydrogens is 158 g/mol. The molecular formula is C12H23N. The van der Waals surface area contributed by atoms with Crippen molar-refractivity contribution in [1.29, 1.82) is 0 Å². The molecule has 0 saturated heterocycles. The van der Waals surface area contributed by atoms with E-state index in [1.54, 1.807) is 0 Å². The Morgan fingerprint density at radius 3 is 2.23 bits per heavy atom. The third-order valence-electron chi connectivity index (χ3n) is 3.76. The molecule has 2 aliphatic rings. The fourth-order valence-electron chi connectivity index (χ4n) is 3.01. The van der Waals surface area contributed by atoms with Gasteiger partial charge in [0.05, 0.1) is 0 Å². The van der Waals surface area contributed by atoms with Gasteiger partial charge in [0.2, 0.25) is 0 Å². The van der Waals surface area contributed by atoms with Crippen molar-refractivity contribution in [1.82, 2.24) is 5.32 Å². The summed E-state index contributed by atoms with van der Waals surface area (Å²) in [5, 5.41) is 3.85. The van der Waals surface area contributed by atoms with Crippen LogP contribution in [0.5, 0.6) is 0 Å². The molecule has 0 heterocycles. The van der Waals surface area contributed by atoms with E-state index in [1.165, 1.54) is 51.4 Å². The van der Waals surface area contributed by atoms with Crippen LogP contribution in [0.25, 0.3) is 0 Å². The zero-order valence-electron chi connectivity index (χ0n) is 8.89. The van der Waals surface area contributed by atoms with Crippen LogP contribution in [0.15, 0.2) is 0 Å². The summed E-state index contributed by atoms with van der Waals surface area (Å²) in [5.41, 5.74) is 0. The molecule has 2 rings (SSSR count). The zero-order chi connectivity index (χ0) is 9.10. The summed E-state index contributed by atoms with van der Waals surface area (Å²) in [7, 11) is 0. The molecule has 1 nitrogen and oxygen atoms in total. The highest BCUT2D eigenvalue weighted by Gasteiger charge is 2.22. The standard InChI is InChI=1S/C12H23N/c1-10-5-4-8-12(9-10)13-11-6-2-3-7-11/h10-13H,2-9H2,1H3. The number of hydrogen-bond donors (Lipinski definition) is 1. The summed E-state index contributed by atoms with van der Waals surface area (Å²) in [6.07, 6.45) is 11.6. The number of nitrogens with one attached hydrogen (secondary N) is 1. The molecule has 0 aromatic carbocycles. The predicted octanol–water partition coefficient (Wildman–Crippen LogP) is 3.10. The minimum absolute atomic E-state index is 0.854. The Labute approximate surface area is 82.3 Å². The maximum atomic E-state index is 3.85. The van der Waals surface area contributed by atoms with Gasteiger partial charge in [0, 0.05) is 12.1 Å². The summed E-state index contributed by atoms with van der Waals surface area (Å²) in [6, 6.07) is 1.72. The van der Waals surface area contributed by atoms with Crippen molar-refractivity contribution in [3.63, 3.8) is 0 Å². The third kappa shape index (κ3) is 2.70. The first-order chi connectivity index (χ1) is 6.34. The van der Waals surface area contributed by atoms with Gasteiger partial charge in [-0.15, -0.1) is 0 Å². The topological polar surface area (TPSA) is 12.0 Å². The van der Waals surface area contributed by atoms with E-state index in [0.717, 1.165) is 18.0 Å². The molecule has 0 aromatic rings. The molecule has 2 aliphatic carbocycles. The van der Waals surface area contributed by atoms with E-state index >= 15 is 0 Å². The summed E-state index contributed by atoms with van der Waals surface area (Å²) >= 11 is 0. The van der Waals surface area contributed by atoms with Crippen molar-refractivity contribution in [3.8, 4) is 0 Å². The molecule has 0 spiro atoms. The molecule has 1 heteroatoms. The maximum Gasteiger partial charge on any atom is 0.00721 e. The molecule has 0 radical (unpaired) electrons. The smallest absolute Gasteiger partial charge is 0.00721 e. The third-order valence-corrected chi connectivity index (χ3v) is 3.76. The lowest BCUT2D eigenvalue weighted by molar-refractivity contribution is 0.280. The zero-order valence-corrected chi connectivity index (χ0v) is 8.89. The molecule has 0 aromatic heterocycles. The van der Waals surface area contributed by atoms with Crippen LogP contribution in [0.2, 0.25) is 0 Å². The van der Waals surface area contributed by atoms with Gasteiger partial charge < -0.3 is 5.32 Å². The van der Waals surface area contributed by atoms with E-state index in [1.807, 2.05) is 0 Å². The molecule has 0 bridgehead atoms. The molecule has 13 heavy (non-hydrogen) atoms. The van der Waals surface area contributed by atoms with Gasteiger partial charge in [0.1, 0.15) is 0 Å². The van der Waals surface area contributed by atoms with Crippen LogP contribution in [0.1, 0.15) is 58.3 Å². The minimum Gasteiger partial charge on any atom is -0.311 e. The summed E-state index contributed by atoms with van der Waals surface area (Å²) in [6.45, 7) is 2.41. The molecule has 0 amide bonds. The number of hydrogen-bond acceptors (Lipinski definition) is 1. The lowest BCUT2D eigenvalue weighted by atomic mass is 9.86. The fraction of sp³-hybridized carbons (Fsp3) is 1.00. The highest BCUT2D eigenvalue weighted by molar-refractivity contribution is 4.82. The first-order valence-corrected chi connectivity index (χ1v) is 6.10. The second-order valence-corrected chi connectivity index (χ2v) is 5.12. The van der Waals surface area contributed by atoms with Crippen LogP contribution < -0.4 is 5.32 Å². The Hall–Kier alpha value is -0.0400. The van der Waals surface area contributed by atoms with Gasteiger partial charge in [0.15, 0.2) is 0 Å². The SMILES string of the molecule is CC1CCCC(NC2CCCC2)C1. The van der Waals surface area contributed by atoms with Crippen LogP contribution in [-0.4, -0.2) is 12.1 Å². The van der Waals surface area contributed by atoms with E-state index < -0.39 is 0 Å². The fourth-order valence-corrected chi connectivity index (χ4v) is 3.01. The van der Waals surface area contributed by atoms with Crippen LogP contribution in [0.4, 0.5) is 0 Å². The van der Waals surface area contributed by atoms with Crippen LogP contribution >= 0.6 is 0 Å². The molecule has 2 unspecified atom stereocenters. The van der Waals surface area contributed by atoms with Gasteiger partial charge in [-0.05, 0) is 31.6 Å². The quantitative estimate of drug-likeness (QED) is 0.690.